The third-order valence-electron chi connectivity index (χ3n) is 7.06. The molecule has 0 bridgehead atoms. The van der Waals surface area contributed by atoms with E-state index < -0.39 is 47.0 Å². The number of alkyl carbamates (subject to hydrolysis) is 1. The first-order valence-corrected chi connectivity index (χ1v) is 16.4. The zero-order chi connectivity index (χ0) is 37.9. The van der Waals surface area contributed by atoms with Crippen LogP contribution in [0.1, 0.15) is 81.3 Å². The molecule has 0 aliphatic carbocycles. The lowest BCUT2D eigenvalue weighted by molar-refractivity contribution is -0.131. The van der Waals surface area contributed by atoms with Crippen molar-refractivity contribution in [2.75, 3.05) is 38.4 Å². The summed E-state index contributed by atoms with van der Waals surface area (Å²) in [7, 11) is 3.00. The number of ketones is 1. The summed E-state index contributed by atoms with van der Waals surface area (Å²) >= 11 is 0. The Balaban J connectivity index is 1.73. The van der Waals surface area contributed by atoms with Gasteiger partial charge in [0.25, 0.3) is 5.91 Å². The lowest BCUT2D eigenvalue weighted by Gasteiger charge is -2.31. The molecule has 0 aliphatic rings. The Morgan fingerprint density at radius 2 is 1.53 bits per heavy atom. The van der Waals surface area contributed by atoms with Gasteiger partial charge in [-0.25, -0.2) is 4.79 Å². The Hall–Kier alpha value is -5.37. The monoisotopic (exact) mass is 707 g/mol. The third kappa shape index (κ3) is 12.2. The highest BCUT2D eigenvalue weighted by Gasteiger charge is 2.32. The van der Waals surface area contributed by atoms with Crippen LogP contribution in [0.4, 0.5) is 16.2 Å². The Morgan fingerprint density at radius 3 is 2.14 bits per heavy atom. The summed E-state index contributed by atoms with van der Waals surface area (Å²) in [6, 6.07) is 11.6. The molecule has 3 rings (SSSR count). The highest BCUT2D eigenvalue weighted by molar-refractivity contribution is 6.17. The number of methoxy groups -OCH3 is 2. The molecule has 2 atom stereocenters. The summed E-state index contributed by atoms with van der Waals surface area (Å²) in [6.07, 6.45) is 0.287. The number of hydrogen-bond acceptors (Lipinski definition) is 11. The normalized spacial score (nSPS) is 12.6. The summed E-state index contributed by atoms with van der Waals surface area (Å²) in [6.45, 7) is 12.7. The number of carbonyl (C=O) groups excluding carboxylic acids is 4. The number of hydrogen-bond donors (Lipinski definition) is 4. The maximum Gasteiger partial charge on any atom is 0.408 e. The van der Waals surface area contributed by atoms with Gasteiger partial charge in [0.05, 0.1) is 49.5 Å². The molecule has 3 aromatic rings. The van der Waals surface area contributed by atoms with E-state index >= 15 is 0 Å². The maximum absolute atomic E-state index is 13.9. The fourth-order valence-electron chi connectivity index (χ4n) is 4.80. The van der Waals surface area contributed by atoms with Gasteiger partial charge >= 0.3 is 6.09 Å². The van der Waals surface area contributed by atoms with Crippen molar-refractivity contribution in [3.63, 3.8) is 0 Å². The van der Waals surface area contributed by atoms with Crippen LogP contribution >= 0.6 is 0 Å². The van der Waals surface area contributed by atoms with E-state index in [1.54, 1.807) is 64.1 Å². The molecule has 5 N–H and O–H groups in total. The molecule has 2 aromatic carbocycles. The van der Waals surface area contributed by atoms with Crippen molar-refractivity contribution < 1.29 is 42.9 Å². The van der Waals surface area contributed by atoms with Crippen LogP contribution in [0.2, 0.25) is 0 Å². The van der Waals surface area contributed by atoms with Crippen molar-refractivity contribution in [2.45, 2.75) is 78.2 Å². The number of benzene rings is 2. The van der Waals surface area contributed by atoms with Gasteiger partial charge in [-0.2, -0.15) is 0 Å². The van der Waals surface area contributed by atoms with Gasteiger partial charge in [-0.15, -0.1) is 0 Å². The van der Waals surface area contributed by atoms with Gasteiger partial charge in [-0.05, 0) is 97.4 Å². The second kappa shape index (κ2) is 17.5. The first-order chi connectivity index (χ1) is 23.9. The van der Waals surface area contributed by atoms with E-state index in [0.29, 0.717) is 23.5 Å². The number of nitrogens with one attached hydrogen (secondary N) is 3. The summed E-state index contributed by atoms with van der Waals surface area (Å²) in [5, 5.41) is 8.14. The van der Waals surface area contributed by atoms with E-state index in [2.05, 4.69) is 20.9 Å². The van der Waals surface area contributed by atoms with Crippen molar-refractivity contribution in [3.8, 4) is 17.2 Å². The molecule has 0 unspecified atom stereocenters. The van der Waals surface area contributed by atoms with Gasteiger partial charge in [0.2, 0.25) is 11.7 Å². The lowest BCUT2D eigenvalue weighted by Crippen LogP contribution is -2.55. The highest BCUT2D eigenvalue weighted by atomic mass is 16.6. The van der Waals surface area contributed by atoms with E-state index in [1.807, 2.05) is 20.8 Å². The van der Waals surface area contributed by atoms with Crippen LogP contribution in [-0.4, -0.2) is 79.4 Å². The number of ether oxygens (including phenoxy) is 5. The van der Waals surface area contributed by atoms with Crippen molar-refractivity contribution in [1.29, 1.82) is 0 Å². The minimum atomic E-state index is -1.03. The van der Waals surface area contributed by atoms with Gasteiger partial charge in [0.15, 0.2) is 0 Å². The molecule has 14 heteroatoms. The number of pyridine rings is 1. The van der Waals surface area contributed by atoms with Crippen molar-refractivity contribution in [1.82, 2.24) is 15.6 Å². The van der Waals surface area contributed by atoms with Crippen LogP contribution < -0.4 is 35.9 Å². The Kier molecular flexibility index (Phi) is 13.8. The Bertz CT molecular complexity index is 1680. The first-order valence-electron chi connectivity index (χ1n) is 16.4. The number of anilines is 2. The summed E-state index contributed by atoms with van der Waals surface area (Å²) < 4.78 is 27.8. The van der Waals surface area contributed by atoms with Crippen LogP contribution in [0.3, 0.4) is 0 Å². The fourth-order valence-corrected chi connectivity index (χ4v) is 4.80. The van der Waals surface area contributed by atoms with E-state index in [1.165, 1.54) is 32.5 Å². The van der Waals surface area contributed by atoms with E-state index in [9.17, 15) is 19.2 Å². The molecule has 1 heterocycles. The van der Waals surface area contributed by atoms with E-state index in [4.69, 9.17) is 29.4 Å². The smallest absolute Gasteiger partial charge is 0.408 e. The second-order valence-corrected chi connectivity index (χ2v) is 13.5. The molecule has 0 saturated heterocycles. The van der Waals surface area contributed by atoms with Gasteiger partial charge < -0.3 is 45.4 Å². The number of aromatic nitrogens is 1. The van der Waals surface area contributed by atoms with Crippen molar-refractivity contribution in [3.05, 3.63) is 71.5 Å². The van der Waals surface area contributed by atoms with Gasteiger partial charge in [0, 0.05) is 24.4 Å². The van der Waals surface area contributed by atoms with Crippen molar-refractivity contribution >= 4 is 35.1 Å². The molecule has 0 aliphatic heterocycles. The number of amides is 3. The quantitative estimate of drug-likeness (QED) is 0.121. The molecule has 3 amide bonds. The molecule has 0 spiro atoms. The minimum absolute atomic E-state index is 0.0482. The molecule has 51 heavy (non-hydrogen) atoms. The second-order valence-electron chi connectivity index (χ2n) is 13.5. The third-order valence-corrected chi connectivity index (χ3v) is 7.06. The Morgan fingerprint density at radius 1 is 0.882 bits per heavy atom. The highest BCUT2D eigenvalue weighted by Crippen LogP contribution is 2.31. The van der Waals surface area contributed by atoms with Crippen LogP contribution in [0.15, 0.2) is 54.7 Å². The molecule has 1 aromatic heterocycles. The first kappa shape index (κ1) is 40.1. The number of rotatable bonds is 15. The van der Waals surface area contributed by atoms with E-state index in [-0.39, 0.29) is 41.5 Å². The molecule has 0 fully saturated rings. The average molecular weight is 708 g/mol. The predicted octanol–water partition coefficient (Wildman–Crippen LogP) is 5.15. The summed E-state index contributed by atoms with van der Waals surface area (Å²) in [4.78, 5) is 57.0. The number of nitrogen functional groups attached to an aromatic ring is 1. The molecular formula is C37H49N5O9. The zero-order valence-corrected chi connectivity index (χ0v) is 30.7. The average Bonchev–Trinajstić information content (AvgIpc) is 3.05. The van der Waals surface area contributed by atoms with Crippen LogP contribution in [-0.2, 0) is 14.3 Å². The molecule has 0 radical (unpaired) electrons. The molecule has 0 saturated carbocycles. The maximum atomic E-state index is 13.9. The standard InChI is InChI=1S/C37H49N5O9/c1-22(50-36(2,3)4)29(42-35(46)51-37(5,6)7)34(45)40-18-10-20-49-28-21-25(48-9)15-16-26(28)32(43)31-30(27(38)17-19-39-31)41-33(44)23-11-13-24(47-8)14-12-23/h11-17,19,21-22,29H,10,18,20H2,1-9H3,(H2,38,39)(H,40,45)(H,41,44)(H,42,46)/t22-,29+/m1/s1. The van der Waals surface area contributed by atoms with Crippen molar-refractivity contribution in [2.24, 2.45) is 0 Å². The Labute approximate surface area is 298 Å². The van der Waals surface area contributed by atoms with Crippen LogP contribution in [0.25, 0.3) is 0 Å². The molecular weight excluding hydrogens is 658 g/mol. The number of nitrogens with two attached hydrogens (primary N) is 1. The summed E-state index contributed by atoms with van der Waals surface area (Å²) in [5.41, 5.74) is 5.44. The lowest BCUT2D eigenvalue weighted by atomic mass is 10.0. The topological polar surface area (TPSA) is 189 Å². The molecule has 14 nitrogen and oxygen atoms in total. The van der Waals surface area contributed by atoms with Gasteiger partial charge in [0.1, 0.15) is 34.6 Å². The molecule has 276 valence electrons. The van der Waals surface area contributed by atoms with Gasteiger partial charge in [-0.3, -0.25) is 19.4 Å². The minimum Gasteiger partial charge on any atom is -0.497 e. The number of nitrogens with zero attached hydrogens (tertiary/aromatic N) is 1. The fraction of sp³-hybridized carbons (Fsp3) is 0.432. The van der Waals surface area contributed by atoms with Gasteiger partial charge in [-0.1, -0.05) is 0 Å². The largest absolute Gasteiger partial charge is 0.497 e. The van der Waals surface area contributed by atoms with E-state index in [0.717, 1.165) is 0 Å². The number of carbonyl (C=O) groups is 4. The van der Waals surface area contributed by atoms with Crippen LogP contribution in [0, 0.1) is 0 Å². The zero-order valence-electron chi connectivity index (χ0n) is 30.7. The SMILES string of the molecule is COc1ccc(C(=O)Nc2c(N)ccnc2C(=O)c2ccc(OC)cc2OCCCNC(=O)[C@@H](NC(=O)OC(C)(C)C)[C@@H](C)OC(C)(C)C)cc1. The predicted molar refractivity (Wildman–Crippen MR) is 193 cm³/mol. The summed E-state index contributed by atoms with van der Waals surface area (Å²) in [5.74, 6) is -0.305. The van der Waals surface area contributed by atoms with Crippen LogP contribution in [0.5, 0.6) is 17.2 Å².